The van der Waals surface area contributed by atoms with Crippen LogP contribution < -0.4 is 15.0 Å². The summed E-state index contributed by atoms with van der Waals surface area (Å²) in [6.07, 6.45) is -2.87. The van der Waals surface area contributed by atoms with Gasteiger partial charge in [-0.15, -0.1) is 0 Å². The van der Waals surface area contributed by atoms with Gasteiger partial charge in [-0.3, -0.25) is 0 Å². The fraction of sp³-hybridized carbons (Fsp3) is 0.367. The molecule has 0 aliphatic heterocycles. The summed E-state index contributed by atoms with van der Waals surface area (Å²) in [6.45, 7) is 12.4. The molecule has 0 saturated carbocycles. The van der Waals surface area contributed by atoms with Crippen molar-refractivity contribution >= 4 is 29.8 Å². The van der Waals surface area contributed by atoms with Gasteiger partial charge in [0.25, 0.3) is 0 Å². The van der Waals surface area contributed by atoms with Crippen LogP contribution in [0.3, 0.4) is 0 Å². The minimum Gasteiger partial charge on any atom is -0.443 e. The highest BCUT2D eigenvalue weighted by Gasteiger charge is 2.28. The molecule has 0 aliphatic rings. The van der Waals surface area contributed by atoms with E-state index in [9.17, 15) is 14.4 Å². The van der Waals surface area contributed by atoms with Gasteiger partial charge >= 0.3 is 24.3 Å². The lowest BCUT2D eigenvalue weighted by Crippen LogP contribution is -2.38. The molecular formula is C30H36N4O7. The zero-order valence-electron chi connectivity index (χ0n) is 24.4. The molecule has 0 saturated heterocycles. The average Bonchev–Trinajstić information content (AvgIpc) is 2.83. The number of alkyl carbamates (subject to hydrolysis) is 1. The number of hydrogen-bond donors (Lipinski definition) is 1. The monoisotopic (exact) mass is 564 g/mol. The molecule has 3 rings (SSSR count). The molecule has 2 aromatic carbocycles. The van der Waals surface area contributed by atoms with Crippen molar-refractivity contribution in [1.29, 1.82) is 0 Å². The van der Waals surface area contributed by atoms with E-state index in [0.29, 0.717) is 18.0 Å². The number of nitrogens with zero attached hydrogens (tertiary/aromatic N) is 3. The predicted octanol–water partition coefficient (Wildman–Crippen LogP) is 6.60. The van der Waals surface area contributed by atoms with Crippen LogP contribution in [0.5, 0.6) is 6.01 Å². The molecule has 1 heterocycles. The molecule has 0 atom stereocenters. The van der Waals surface area contributed by atoms with E-state index in [0.717, 1.165) is 11.1 Å². The molecule has 11 nitrogen and oxygen atoms in total. The highest BCUT2D eigenvalue weighted by molar-refractivity contribution is 5.95. The van der Waals surface area contributed by atoms with Crippen LogP contribution in [0.25, 0.3) is 0 Å². The maximum atomic E-state index is 13.4. The Balaban J connectivity index is 1.95. The van der Waals surface area contributed by atoms with Crippen LogP contribution in [0, 0.1) is 6.92 Å². The highest BCUT2D eigenvalue weighted by atomic mass is 16.6. The Labute approximate surface area is 239 Å². The second kappa shape index (κ2) is 13.2. The van der Waals surface area contributed by atoms with Crippen molar-refractivity contribution in [2.24, 2.45) is 0 Å². The summed E-state index contributed by atoms with van der Waals surface area (Å²) in [7, 11) is 0. The molecule has 0 aliphatic carbocycles. The first kappa shape index (κ1) is 31.0. The van der Waals surface area contributed by atoms with E-state index in [1.807, 2.05) is 54.7 Å². The normalized spacial score (nSPS) is 11.4. The van der Waals surface area contributed by atoms with Crippen molar-refractivity contribution in [2.75, 3.05) is 4.90 Å². The van der Waals surface area contributed by atoms with Gasteiger partial charge in [-0.25, -0.2) is 24.6 Å². The molecule has 0 radical (unpaired) electrons. The molecule has 1 N–H and O–H groups in total. The van der Waals surface area contributed by atoms with Gasteiger partial charge in [0.15, 0.2) is 0 Å². The van der Waals surface area contributed by atoms with Gasteiger partial charge < -0.3 is 18.9 Å². The maximum absolute atomic E-state index is 13.4. The molecule has 0 unspecified atom stereocenters. The number of aryl methyl sites for hydroxylation is 1. The molecule has 41 heavy (non-hydrogen) atoms. The lowest BCUT2D eigenvalue weighted by atomic mass is 10.2. The van der Waals surface area contributed by atoms with Crippen molar-refractivity contribution in [3.05, 3.63) is 77.5 Å². The number of rotatable bonds is 7. The molecule has 0 bridgehead atoms. The summed E-state index contributed by atoms with van der Waals surface area (Å²) in [4.78, 5) is 47.7. The Morgan fingerprint density at radius 1 is 0.805 bits per heavy atom. The molecular weight excluding hydrogens is 528 g/mol. The van der Waals surface area contributed by atoms with Gasteiger partial charge in [0.05, 0.1) is 24.6 Å². The van der Waals surface area contributed by atoms with Gasteiger partial charge in [0, 0.05) is 6.07 Å². The smallest absolute Gasteiger partial charge is 0.424 e. The molecule has 3 aromatic rings. The fourth-order valence-electron chi connectivity index (χ4n) is 3.37. The summed E-state index contributed by atoms with van der Waals surface area (Å²) < 4.78 is 21.8. The Hall–Kier alpha value is -4.51. The number of ether oxygens (including phenoxy) is 4. The van der Waals surface area contributed by atoms with Crippen molar-refractivity contribution in [1.82, 2.24) is 15.3 Å². The summed E-state index contributed by atoms with van der Waals surface area (Å²) in [5, 5.41) is 1.97. The summed E-state index contributed by atoms with van der Waals surface area (Å²) in [5.74, 6) is 0.0662. The lowest BCUT2D eigenvalue weighted by Gasteiger charge is -2.27. The first-order chi connectivity index (χ1) is 19.2. The number of carbonyl (C=O) groups excluding carboxylic acids is 3. The van der Waals surface area contributed by atoms with Gasteiger partial charge in [0.1, 0.15) is 17.0 Å². The minimum atomic E-state index is -1.16. The van der Waals surface area contributed by atoms with Gasteiger partial charge in [0.2, 0.25) is 0 Å². The third-order valence-electron chi connectivity index (χ3n) is 4.99. The van der Waals surface area contributed by atoms with Crippen LogP contribution in [0.2, 0.25) is 0 Å². The quantitative estimate of drug-likeness (QED) is 0.337. The van der Waals surface area contributed by atoms with Crippen molar-refractivity contribution in [3.8, 4) is 6.01 Å². The van der Waals surface area contributed by atoms with Crippen LogP contribution in [-0.2, 0) is 27.4 Å². The molecule has 218 valence electrons. The van der Waals surface area contributed by atoms with E-state index >= 15 is 0 Å². The highest BCUT2D eigenvalue weighted by Crippen LogP contribution is 2.29. The lowest BCUT2D eigenvalue weighted by molar-refractivity contribution is 0.0530. The van der Waals surface area contributed by atoms with E-state index in [1.54, 1.807) is 53.7 Å². The molecule has 11 heteroatoms. The standard InChI is InChI=1S/C30H36N4O7/c1-20-13-15-23(16-14-20)34(28(37)41-30(5,6)7)24-17-22(19-38-18-21-11-9-8-10-12-21)31-25(32-24)39-26(35)33-27(36)40-29(2,3)4/h8-17H,18-19H2,1-7H3,(H,33,35,36). The van der Waals surface area contributed by atoms with E-state index in [2.05, 4.69) is 9.97 Å². The van der Waals surface area contributed by atoms with Gasteiger partial charge in [-0.05, 0) is 66.2 Å². The summed E-state index contributed by atoms with van der Waals surface area (Å²) in [5.41, 5.74) is 1.08. The first-order valence-corrected chi connectivity index (χ1v) is 13.0. The summed E-state index contributed by atoms with van der Waals surface area (Å²) >= 11 is 0. The van der Waals surface area contributed by atoms with E-state index in [1.165, 1.54) is 11.0 Å². The number of benzene rings is 2. The Morgan fingerprint density at radius 2 is 1.44 bits per heavy atom. The van der Waals surface area contributed by atoms with Gasteiger partial charge in [-0.1, -0.05) is 48.0 Å². The molecule has 0 fully saturated rings. The summed E-state index contributed by atoms with van der Waals surface area (Å²) in [6, 6.07) is 17.8. The predicted molar refractivity (Wildman–Crippen MR) is 152 cm³/mol. The topological polar surface area (TPSA) is 129 Å². The van der Waals surface area contributed by atoms with Crippen LogP contribution in [0.4, 0.5) is 25.9 Å². The second-order valence-electron chi connectivity index (χ2n) is 11.1. The van der Waals surface area contributed by atoms with Crippen LogP contribution in [0.1, 0.15) is 58.4 Å². The van der Waals surface area contributed by atoms with E-state index in [4.69, 9.17) is 18.9 Å². The van der Waals surface area contributed by atoms with E-state index < -0.39 is 35.5 Å². The van der Waals surface area contributed by atoms with Crippen LogP contribution in [0.15, 0.2) is 60.7 Å². The molecule has 0 spiro atoms. The average molecular weight is 565 g/mol. The van der Waals surface area contributed by atoms with Crippen LogP contribution >= 0.6 is 0 Å². The minimum absolute atomic E-state index is 0.00448. The van der Waals surface area contributed by atoms with Crippen LogP contribution in [-0.4, -0.2) is 39.4 Å². The van der Waals surface area contributed by atoms with E-state index in [-0.39, 0.29) is 12.4 Å². The number of anilines is 2. The van der Waals surface area contributed by atoms with Gasteiger partial charge in [-0.2, -0.15) is 9.97 Å². The third kappa shape index (κ3) is 10.5. The number of nitrogens with one attached hydrogen (secondary N) is 1. The Bertz CT molecular complexity index is 1350. The zero-order valence-corrected chi connectivity index (χ0v) is 24.4. The Kier molecular flexibility index (Phi) is 10.0. The Morgan fingerprint density at radius 3 is 2.05 bits per heavy atom. The fourth-order valence-corrected chi connectivity index (χ4v) is 3.37. The SMILES string of the molecule is Cc1ccc(N(C(=O)OC(C)(C)C)c2cc(COCc3ccccc3)nc(OC(=O)NC(=O)OC(C)(C)C)n2)cc1. The molecule has 3 amide bonds. The van der Waals surface area contributed by atoms with Crippen molar-refractivity contribution < 1.29 is 33.3 Å². The number of hydrogen-bond acceptors (Lipinski definition) is 9. The zero-order chi connectivity index (χ0) is 30.2. The number of carbonyl (C=O) groups is 3. The maximum Gasteiger partial charge on any atom is 0.424 e. The largest absolute Gasteiger partial charge is 0.443 e. The number of amides is 3. The van der Waals surface area contributed by atoms with Crippen molar-refractivity contribution in [2.45, 2.75) is 72.9 Å². The van der Waals surface area contributed by atoms with Crippen molar-refractivity contribution in [3.63, 3.8) is 0 Å². The first-order valence-electron chi connectivity index (χ1n) is 13.0. The third-order valence-corrected chi connectivity index (χ3v) is 4.99. The second-order valence-corrected chi connectivity index (χ2v) is 11.1. The number of imide groups is 1. The molecule has 1 aromatic heterocycles. The number of aromatic nitrogens is 2.